The molecule has 0 fully saturated rings. The second kappa shape index (κ2) is 8.35. The van der Waals surface area contributed by atoms with Crippen LogP contribution in [0.5, 0.6) is 0 Å². The summed E-state index contributed by atoms with van der Waals surface area (Å²) in [6.07, 6.45) is 9.41. The van der Waals surface area contributed by atoms with E-state index in [-0.39, 0.29) is 0 Å². The van der Waals surface area contributed by atoms with Crippen LogP contribution >= 0.6 is 0 Å². The second-order valence-electron chi connectivity index (χ2n) is 7.87. The van der Waals surface area contributed by atoms with Gasteiger partial charge in [-0.2, -0.15) is 5.10 Å². The zero-order chi connectivity index (χ0) is 22.9. The van der Waals surface area contributed by atoms with Gasteiger partial charge in [-0.25, -0.2) is 13.8 Å². The molecule has 0 radical (unpaired) electrons. The van der Waals surface area contributed by atoms with Crippen LogP contribution in [0.15, 0.2) is 85.6 Å². The van der Waals surface area contributed by atoms with Gasteiger partial charge in [-0.05, 0) is 65.7 Å². The molecule has 0 amide bonds. The van der Waals surface area contributed by atoms with Crippen molar-refractivity contribution in [2.24, 2.45) is 12.8 Å². The summed E-state index contributed by atoms with van der Waals surface area (Å²) in [6.45, 7) is 0. The molecule has 0 spiro atoms. The van der Waals surface area contributed by atoms with Crippen molar-refractivity contribution < 1.29 is 8.78 Å². The molecular formula is C26H21F2N5. The van der Waals surface area contributed by atoms with Crippen molar-refractivity contribution >= 4 is 11.0 Å². The molecule has 0 saturated heterocycles. The Kier molecular flexibility index (Phi) is 5.22. The van der Waals surface area contributed by atoms with Crippen LogP contribution in [0.3, 0.4) is 0 Å². The van der Waals surface area contributed by atoms with Gasteiger partial charge in [-0.3, -0.25) is 9.25 Å². The highest BCUT2D eigenvalue weighted by Gasteiger charge is 2.12. The topological polar surface area (TPSA) is 61.7 Å². The molecule has 2 N–H and O–H groups in total. The molecular weight excluding hydrogens is 420 g/mol. The van der Waals surface area contributed by atoms with Crippen LogP contribution in [0.2, 0.25) is 0 Å². The Morgan fingerprint density at radius 1 is 0.970 bits per heavy atom. The van der Waals surface area contributed by atoms with Gasteiger partial charge in [0.2, 0.25) is 0 Å². The largest absolute Gasteiger partial charge is 0.405 e. The smallest absolute Gasteiger partial charge is 0.133 e. The lowest BCUT2D eigenvalue weighted by atomic mass is 9.99. The SMILES string of the molecule is Cn1cc(-c2ccc3c(c2)ncn3-c2cc(CC=CN)cc(-c3ccc(F)cc3F)c2)cn1. The number of imidazole rings is 1. The summed E-state index contributed by atoms with van der Waals surface area (Å²) in [4.78, 5) is 4.59. The molecule has 0 unspecified atom stereocenters. The first-order valence-corrected chi connectivity index (χ1v) is 10.4. The summed E-state index contributed by atoms with van der Waals surface area (Å²) in [6, 6.07) is 15.4. The van der Waals surface area contributed by atoms with E-state index in [0.717, 1.165) is 39.5 Å². The molecule has 7 heteroatoms. The van der Waals surface area contributed by atoms with E-state index in [1.54, 1.807) is 11.0 Å². The van der Waals surface area contributed by atoms with Gasteiger partial charge in [0.05, 0.1) is 17.2 Å². The number of aromatic nitrogens is 4. The quantitative estimate of drug-likeness (QED) is 0.398. The Bertz CT molecular complexity index is 1500. The summed E-state index contributed by atoms with van der Waals surface area (Å²) in [7, 11) is 1.88. The Hall–Kier alpha value is -4.26. The van der Waals surface area contributed by atoms with Crippen LogP contribution in [0, 0.1) is 11.6 Å². The van der Waals surface area contributed by atoms with Gasteiger partial charge < -0.3 is 5.73 Å². The maximum absolute atomic E-state index is 14.6. The average Bonchev–Trinajstić information content (AvgIpc) is 3.43. The number of rotatable bonds is 5. The number of halogens is 2. The average molecular weight is 441 g/mol. The van der Waals surface area contributed by atoms with Crippen molar-refractivity contribution in [1.29, 1.82) is 0 Å². The lowest BCUT2D eigenvalue weighted by Crippen LogP contribution is -1.97. The lowest BCUT2D eigenvalue weighted by molar-refractivity contribution is 0.585. The van der Waals surface area contributed by atoms with Crippen LogP contribution < -0.4 is 5.73 Å². The van der Waals surface area contributed by atoms with Crippen molar-refractivity contribution in [2.45, 2.75) is 6.42 Å². The molecule has 2 heterocycles. The van der Waals surface area contributed by atoms with Gasteiger partial charge in [-0.1, -0.05) is 18.2 Å². The monoisotopic (exact) mass is 441 g/mol. The number of benzene rings is 3. The van der Waals surface area contributed by atoms with Crippen molar-refractivity contribution in [2.75, 3.05) is 0 Å². The van der Waals surface area contributed by atoms with E-state index >= 15 is 0 Å². The Balaban J connectivity index is 1.63. The second-order valence-corrected chi connectivity index (χ2v) is 7.87. The normalized spacial score (nSPS) is 11.6. The van der Waals surface area contributed by atoms with Crippen LogP contribution in [0.25, 0.3) is 39.0 Å². The molecule has 164 valence electrons. The van der Waals surface area contributed by atoms with Gasteiger partial charge in [-0.15, -0.1) is 0 Å². The van der Waals surface area contributed by atoms with Crippen molar-refractivity contribution in [3.05, 3.63) is 103 Å². The number of allylic oxidation sites excluding steroid dienone is 1. The fourth-order valence-electron chi connectivity index (χ4n) is 3.98. The highest BCUT2D eigenvalue weighted by molar-refractivity contribution is 5.83. The van der Waals surface area contributed by atoms with Gasteiger partial charge in [0.25, 0.3) is 0 Å². The number of fused-ring (bicyclic) bond motifs is 1. The van der Waals surface area contributed by atoms with Crippen molar-refractivity contribution in [1.82, 2.24) is 19.3 Å². The molecule has 0 saturated carbocycles. The lowest BCUT2D eigenvalue weighted by Gasteiger charge is -2.12. The summed E-state index contributed by atoms with van der Waals surface area (Å²) < 4.78 is 31.7. The van der Waals surface area contributed by atoms with Crippen LogP contribution in [-0.4, -0.2) is 19.3 Å². The maximum Gasteiger partial charge on any atom is 0.133 e. The molecule has 5 rings (SSSR count). The molecule has 5 nitrogen and oxygen atoms in total. The summed E-state index contributed by atoms with van der Waals surface area (Å²) in [5.41, 5.74) is 12.1. The van der Waals surface area contributed by atoms with Gasteiger partial charge in [0.15, 0.2) is 0 Å². The summed E-state index contributed by atoms with van der Waals surface area (Å²) in [5.74, 6) is -1.22. The molecule has 5 aromatic rings. The molecule has 0 aliphatic rings. The van der Waals surface area contributed by atoms with E-state index in [1.165, 1.54) is 18.3 Å². The predicted molar refractivity (Wildman–Crippen MR) is 126 cm³/mol. The minimum Gasteiger partial charge on any atom is -0.405 e. The Labute approximate surface area is 189 Å². The number of aryl methyl sites for hydroxylation is 1. The third-order valence-corrected chi connectivity index (χ3v) is 5.57. The van der Waals surface area contributed by atoms with E-state index in [9.17, 15) is 8.78 Å². The molecule has 0 bridgehead atoms. The predicted octanol–water partition coefficient (Wildman–Crippen LogP) is 5.39. The summed E-state index contributed by atoms with van der Waals surface area (Å²) in [5, 5.41) is 4.23. The molecule has 0 atom stereocenters. The zero-order valence-corrected chi connectivity index (χ0v) is 17.9. The number of hydrogen-bond acceptors (Lipinski definition) is 3. The maximum atomic E-state index is 14.6. The Morgan fingerprint density at radius 3 is 2.61 bits per heavy atom. The van der Waals surface area contributed by atoms with Crippen LogP contribution in [-0.2, 0) is 13.5 Å². The number of nitrogens with zero attached hydrogens (tertiary/aromatic N) is 4. The first-order chi connectivity index (χ1) is 16.0. The van der Waals surface area contributed by atoms with E-state index in [0.29, 0.717) is 17.5 Å². The third kappa shape index (κ3) is 4.01. The van der Waals surface area contributed by atoms with E-state index < -0.39 is 11.6 Å². The number of hydrogen-bond donors (Lipinski definition) is 1. The molecule has 0 aliphatic heterocycles. The van der Waals surface area contributed by atoms with Crippen molar-refractivity contribution in [3.63, 3.8) is 0 Å². The first-order valence-electron chi connectivity index (χ1n) is 10.4. The zero-order valence-electron chi connectivity index (χ0n) is 17.9. The highest BCUT2D eigenvalue weighted by atomic mass is 19.1. The molecule has 33 heavy (non-hydrogen) atoms. The Morgan fingerprint density at radius 2 is 1.85 bits per heavy atom. The summed E-state index contributed by atoms with van der Waals surface area (Å²) >= 11 is 0. The number of nitrogens with two attached hydrogens (primary N) is 1. The minimum absolute atomic E-state index is 0.333. The fourth-order valence-corrected chi connectivity index (χ4v) is 3.98. The van der Waals surface area contributed by atoms with Gasteiger partial charge >= 0.3 is 0 Å². The fraction of sp³-hybridized carbons (Fsp3) is 0.0769. The van der Waals surface area contributed by atoms with Crippen LogP contribution in [0.1, 0.15) is 5.56 Å². The van der Waals surface area contributed by atoms with E-state index in [4.69, 9.17) is 5.73 Å². The highest BCUT2D eigenvalue weighted by Crippen LogP contribution is 2.30. The third-order valence-electron chi connectivity index (χ3n) is 5.57. The first kappa shape index (κ1) is 20.6. The molecule has 2 aromatic heterocycles. The van der Waals surface area contributed by atoms with Gasteiger partial charge in [0, 0.05) is 36.1 Å². The van der Waals surface area contributed by atoms with Crippen LogP contribution in [0.4, 0.5) is 8.78 Å². The standard InChI is InChI=1S/C26H21F2N5/c1-32-15-20(14-31-32)18-4-7-26-25(12-18)30-16-33(26)22-10-17(3-2-8-29)9-19(11-22)23-6-5-21(27)13-24(23)28/h2,4-16H,3,29H2,1H3. The van der Waals surface area contributed by atoms with Crippen molar-refractivity contribution in [3.8, 4) is 27.9 Å². The minimum atomic E-state index is -0.608. The van der Waals surface area contributed by atoms with E-state index in [2.05, 4.69) is 10.1 Å². The molecule has 3 aromatic carbocycles. The molecule has 0 aliphatic carbocycles. The van der Waals surface area contributed by atoms with Gasteiger partial charge in [0.1, 0.15) is 18.0 Å². The van der Waals surface area contributed by atoms with E-state index in [1.807, 2.05) is 66.5 Å².